The Bertz CT molecular complexity index is 554. The van der Waals surface area contributed by atoms with Crippen LogP contribution in [0.1, 0.15) is 65.2 Å². The van der Waals surface area contributed by atoms with Gasteiger partial charge in [-0.15, -0.1) is 0 Å². The molecule has 0 aromatic carbocycles. The Hall–Kier alpha value is -0.620. The molecule has 3 fully saturated rings. The highest BCUT2D eigenvalue weighted by molar-refractivity contribution is 7.90. The van der Waals surface area contributed by atoms with Crippen LogP contribution in [0, 0.1) is 11.3 Å². The van der Waals surface area contributed by atoms with Crippen molar-refractivity contribution >= 4 is 15.9 Å². The third kappa shape index (κ3) is 4.47. The number of nitrogens with zero attached hydrogens (tertiary/aromatic N) is 1. The topological polar surface area (TPSA) is 66.5 Å². The summed E-state index contributed by atoms with van der Waals surface area (Å²) in [6.45, 7) is 5.53. The predicted molar refractivity (Wildman–Crippen MR) is 90.4 cm³/mol. The molecule has 0 spiro atoms. The van der Waals surface area contributed by atoms with E-state index in [0.717, 1.165) is 25.7 Å². The van der Waals surface area contributed by atoms with E-state index in [0.29, 0.717) is 37.3 Å². The number of carbonyl (C=O) groups is 1. The maximum Gasteiger partial charge on any atom is 0.222 e. The first-order valence-electron chi connectivity index (χ1n) is 9.04. The quantitative estimate of drug-likeness (QED) is 0.833. The van der Waals surface area contributed by atoms with Gasteiger partial charge in [0, 0.05) is 25.6 Å². The zero-order valence-corrected chi connectivity index (χ0v) is 15.2. The molecule has 1 aliphatic heterocycles. The minimum absolute atomic E-state index is 0.147. The Morgan fingerprint density at radius 1 is 1.22 bits per heavy atom. The third-order valence-electron chi connectivity index (χ3n) is 5.62. The average molecular weight is 343 g/mol. The standard InChI is InChI=1S/C17H30N2O3S/c1-17(2)8-3-4-13(11-17)10-16(20)19-9-7-15(12-19)23(21,22)18-14-5-6-14/h13-15,18H,3-12H2,1-2H3/t13-,15+/m0/s1. The van der Waals surface area contributed by atoms with E-state index in [9.17, 15) is 13.2 Å². The molecular weight excluding hydrogens is 312 g/mol. The van der Waals surface area contributed by atoms with Crippen LogP contribution in [-0.4, -0.2) is 43.6 Å². The normalized spacial score (nSPS) is 31.3. The van der Waals surface area contributed by atoms with Crippen molar-refractivity contribution < 1.29 is 13.2 Å². The lowest BCUT2D eigenvalue weighted by Gasteiger charge is -2.35. The van der Waals surface area contributed by atoms with Crippen molar-refractivity contribution in [1.82, 2.24) is 9.62 Å². The Labute approximate surface area is 140 Å². The molecule has 0 unspecified atom stereocenters. The van der Waals surface area contributed by atoms with Crippen LogP contribution in [0.5, 0.6) is 0 Å². The predicted octanol–water partition coefficient (Wildman–Crippen LogP) is 2.28. The van der Waals surface area contributed by atoms with E-state index >= 15 is 0 Å². The SMILES string of the molecule is CC1(C)CCC[C@@H](CC(=O)N2CC[C@@H](S(=O)(=O)NC3CC3)C2)C1. The van der Waals surface area contributed by atoms with Gasteiger partial charge in [-0.2, -0.15) is 0 Å². The fourth-order valence-corrected chi connectivity index (χ4v) is 5.83. The zero-order chi connectivity index (χ0) is 16.7. The van der Waals surface area contributed by atoms with Crippen molar-refractivity contribution in [3.63, 3.8) is 0 Å². The van der Waals surface area contributed by atoms with Crippen LogP contribution in [0.15, 0.2) is 0 Å². The maximum absolute atomic E-state index is 12.5. The first kappa shape index (κ1) is 17.2. The molecule has 0 radical (unpaired) electrons. The Kier molecular flexibility index (Phi) is 4.76. The lowest BCUT2D eigenvalue weighted by molar-refractivity contribution is -0.131. The fourth-order valence-electron chi connectivity index (χ4n) is 4.14. The largest absolute Gasteiger partial charge is 0.341 e. The smallest absolute Gasteiger partial charge is 0.222 e. The summed E-state index contributed by atoms with van der Waals surface area (Å²) in [5.74, 6) is 0.614. The van der Waals surface area contributed by atoms with E-state index in [1.54, 1.807) is 4.90 Å². The van der Waals surface area contributed by atoms with E-state index in [2.05, 4.69) is 18.6 Å². The van der Waals surface area contributed by atoms with Crippen LogP contribution in [0.2, 0.25) is 0 Å². The number of amides is 1. The number of carbonyl (C=O) groups excluding carboxylic acids is 1. The van der Waals surface area contributed by atoms with Crippen molar-refractivity contribution in [3.05, 3.63) is 0 Å². The van der Waals surface area contributed by atoms with Crippen LogP contribution >= 0.6 is 0 Å². The molecule has 132 valence electrons. The highest BCUT2D eigenvalue weighted by Gasteiger charge is 2.39. The molecule has 5 nitrogen and oxygen atoms in total. The van der Waals surface area contributed by atoms with Gasteiger partial charge in [-0.3, -0.25) is 4.79 Å². The first-order valence-corrected chi connectivity index (χ1v) is 10.6. The summed E-state index contributed by atoms with van der Waals surface area (Å²) in [6.07, 6.45) is 7.75. The van der Waals surface area contributed by atoms with E-state index in [1.165, 1.54) is 12.8 Å². The lowest BCUT2D eigenvalue weighted by atomic mass is 9.71. The van der Waals surface area contributed by atoms with Gasteiger partial charge in [-0.05, 0) is 49.9 Å². The molecule has 6 heteroatoms. The number of sulfonamides is 1. The second-order valence-electron chi connectivity index (χ2n) is 8.52. The van der Waals surface area contributed by atoms with Crippen molar-refractivity contribution in [2.45, 2.75) is 76.5 Å². The first-order chi connectivity index (χ1) is 10.8. The molecular formula is C17H30N2O3S. The number of rotatable bonds is 5. The van der Waals surface area contributed by atoms with Gasteiger partial charge >= 0.3 is 0 Å². The van der Waals surface area contributed by atoms with Gasteiger partial charge in [0.15, 0.2) is 0 Å². The second-order valence-corrected chi connectivity index (χ2v) is 10.5. The molecule has 23 heavy (non-hydrogen) atoms. The average Bonchev–Trinajstić information content (AvgIpc) is 3.08. The van der Waals surface area contributed by atoms with Crippen molar-refractivity contribution in [3.8, 4) is 0 Å². The molecule has 1 amide bonds. The minimum Gasteiger partial charge on any atom is -0.341 e. The number of hydrogen-bond acceptors (Lipinski definition) is 3. The second kappa shape index (κ2) is 6.36. The summed E-state index contributed by atoms with van der Waals surface area (Å²) >= 11 is 0. The molecule has 1 saturated heterocycles. The van der Waals surface area contributed by atoms with Crippen LogP contribution < -0.4 is 4.72 Å². The van der Waals surface area contributed by atoms with Crippen LogP contribution in [0.3, 0.4) is 0 Å². The number of nitrogens with one attached hydrogen (secondary N) is 1. The highest BCUT2D eigenvalue weighted by atomic mass is 32.2. The van der Waals surface area contributed by atoms with Gasteiger partial charge < -0.3 is 4.90 Å². The van der Waals surface area contributed by atoms with Crippen LogP contribution in [-0.2, 0) is 14.8 Å². The van der Waals surface area contributed by atoms with E-state index < -0.39 is 15.3 Å². The van der Waals surface area contributed by atoms with Crippen molar-refractivity contribution in [2.24, 2.45) is 11.3 Å². The van der Waals surface area contributed by atoms with Gasteiger partial charge in [0.05, 0.1) is 5.25 Å². The summed E-state index contributed by atoms with van der Waals surface area (Å²) in [5.41, 5.74) is 0.342. The number of likely N-dealkylation sites (tertiary alicyclic amines) is 1. The summed E-state index contributed by atoms with van der Waals surface area (Å²) in [7, 11) is -3.26. The fraction of sp³-hybridized carbons (Fsp3) is 0.941. The molecule has 3 rings (SSSR count). The summed E-state index contributed by atoms with van der Waals surface area (Å²) in [6, 6.07) is 0.147. The zero-order valence-electron chi connectivity index (χ0n) is 14.4. The van der Waals surface area contributed by atoms with Crippen molar-refractivity contribution in [2.75, 3.05) is 13.1 Å². The Balaban J connectivity index is 1.51. The molecule has 1 heterocycles. The third-order valence-corrected chi connectivity index (χ3v) is 7.54. The van der Waals surface area contributed by atoms with Gasteiger partial charge in [-0.25, -0.2) is 13.1 Å². The van der Waals surface area contributed by atoms with Crippen molar-refractivity contribution in [1.29, 1.82) is 0 Å². The van der Waals surface area contributed by atoms with Crippen LogP contribution in [0.25, 0.3) is 0 Å². The Morgan fingerprint density at radius 2 is 1.96 bits per heavy atom. The number of hydrogen-bond donors (Lipinski definition) is 1. The van der Waals surface area contributed by atoms with Gasteiger partial charge in [0.1, 0.15) is 0 Å². The molecule has 2 saturated carbocycles. The lowest BCUT2D eigenvalue weighted by Crippen LogP contribution is -2.39. The minimum atomic E-state index is -3.26. The van der Waals surface area contributed by atoms with E-state index in [-0.39, 0.29) is 11.9 Å². The maximum atomic E-state index is 12.5. The molecule has 3 aliphatic rings. The summed E-state index contributed by atoms with van der Waals surface area (Å²) in [5, 5.41) is -0.421. The molecule has 0 bridgehead atoms. The van der Waals surface area contributed by atoms with Crippen LogP contribution in [0.4, 0.5) is 0 Å². The molecule has 2 aliphatic carbocycles. The summed E-state index contributed by atoms with van der Waals surface area (Å²) < 4.78 is 27.3. The van der Waals surface area contributed by atoms with Gasteiger partial charge in [0.2, 0.25) is 15.9 Å². The monoisotopic (exact) mass is 342 g/mol. The van der Waals surface area contributed by atoms with E-state index in [4.69, 9.17) is 0 Å². The van der Waals surface area contributed by atoms with Gasteiger partial charge in [0.25, 0.3) is 0 Å². The molecule has 2 atom stereocenters. The Morgan fingerprint density at radius 3 is 2.61 bits per heavy atom. The molecule has 0 aromatic heterocycles. The highest BCUT2D eigenvalue weighted by Crippen LogP contribution is 2.40. The summed E-state index contributed by atoms with van der Waals surface area (Å²) in [4.78, 5) is 14.3. The molecule has 0 aromatic rings. The van der Waals surface area contributed by atoms with E-state index in [1.807, 2.05) is 0 Å². The molecule has 1 N–H and O–H groups in total. The van der Waals surface area contributed by atoms with Gasteiger partial charge in [-0.1, -0.05) is 20.3 Å².